The van der Waals surface area contributed by atoms with Crippen LogP contribution >= 0.6 is 0 Å². The zero-order valence-corrected chi connectivity index (χ0v) is 16.7. The summed E-state index contributed by atoms with van der Waals surface area (Å²) in [5.74, 6) is -0.257. The molecular weight excluding hydrogens is 366 g/mol. The van der Waals surface area contributed by atoms with Crippen LogP contribution in [0.5, 0.6) is 0 Å². The maximum absolute atomic E-state index is 12.5. The smallest absolute Gasteiger partial charge is 0.224 e. The Morgan fingerprint density at radius 2 is 1.89 bits per heavy atom. The Morgan fingerprint density at radius 1 is 1.19 bits per heavy atom. The number of anilines is 1. The van der Waals surface area contributed by atoms with Crippen molar-refractivity contribution in [3.05, 3.63) is 29.8 Å². The predicted octanol–water partition coefficient (Wildman–Crippen LogP) is 1.20. The van der Waals surface area contributed by atoms with Gasteiger partial charge in [-0.25, -0.2) is 12.7 Å². The van der Waals surface area contributed by atoms with Gasteiger partial charge in [0.1, 0.15) is 0 Å². The van der Waals surface area contributed by atoms with Crippen LogP contribution in [0.25, 0.3) is 0 Å². The van der Waals surface area contributed by atoms with Gasteiger partial charge >= 0.3 is 0 Å². The van der Waals surface area contributed by atoms with Crippen molar-refractivity contribution in [2.75, 3.05) is 50.0 Å². The van der Waals surface area contributed by atoms with Crippen LogP contribution in [0.1, 0.15) is 25.3 Å². The molecule has 8 heteroatoms. The molecule has 27 heavy (non-hydrogen) atoms. The van der Waals surface area contributed by atoms with Gasteiger partial charge in [-0.1, -0.05) is 12.1 Å². The Bertz CT molecular complexity index is 730. The lowest BCUT2D eigenvalue weighted by Crippen LogP contribution is -2.45. The van der Waals surface area contributed by atoms with Crippen molar-refractivity contribution >= 4 is 21.6 Å². The molecule has 2 heterocycles. The highest BCUT2D eigenvalue weighted by molar-refractivity contribution is 7.89. The van der Waals surface area contributed by atoms with Gasteiger partial charge in [-0.05, 0) is 37.5 Å². The van der Waals surface area contributed by atoms with E-state index >= 15 is 0 Å². The first-order valence-electron chi connectivity index (χ1n) is 9.67. The molecule has 1 aromatic rings. The number of nitrogens with zero attached hydrogens (tertiary/aromatic N) is 2. The van der Waals surface area contributed by atoms with Crippen LogP contribution in [0.2, 0.25) is 0 Å². The standard InChI is InChI=1S/C19H29N3O4S/c1-2-27(24,25)22-9-3-4-17(15-22)19(23)20-14-16-5-7-18(8-6-16)21-10-12-26-13-11-21/h5-8,17H,2-4,9-15H2,1H3,(H,20,23)/t17-/m1/s1. The number of sulfonamides is 1. The number of carbonyl (C=O) groups is 1. The van der Waals surface area contributed by atoms with Crippen molar-refractivity contribution in [3.63, 3.8) is 0 Å². The number of amides is 1. The van der Waals surface area contributed by atoms with E-state index in [2.05, 4.69) is 22.3 Å². The summed E-state index contributed by atoms with van der Waals surface area (Å²) in [7, 11) is -3.23. The zero-order chi connectivity index (χ0) is 19.3. The minimum absolute atomic E-state index is 0.0664. The molecule has 2 aliphatic heterocycles. The van der Waals surface area contributed by atoms with E-state index in [0.717, 1.165) is 44.7 Å². The van der Waals surface area contributed by atoms with Gasteiger partial charge in [-0.3, -0.25) is 4.79 Å². The van der Waals surface area contributed by atoms with Crippen molar-refractivity contribution in [2.45, 2.75) is 26.3 Å². The van der Waals surface area contributed by atoms with E-state index in [0.29, 0.717) is 13.1 Å². The molecule has 0 unspecified atom stereocenters. The fourth-order valence-corrected chi connectivity index (χ4v) is 4.75. The third-order valence-electron chi connectivity index (χ3n) is 5.29. The highest BCUT2D eigenvalue weighted by Crippen LogP contribution is 2.20. The molecule has 0 spiro atoms. The summed E-state index contributed by atoms with van der Waals surface area (Å²) in [5, 5.41) is 2.96. The lowest BCUT2D eigenvalue weighted by molar-refractivity contribution is -0.126. The first-order valence-corrected chi connectivity index (χ1v) is 11.3. The largest absolute Gasteiger partial charge is 0.378 e. The van der Waals surface area contributed by atoms with Gasteiger partial charge in [0.05, 0.1) is 24.9 Å². The maximum Gasteiger partial charge on any atom is 0.224 e. The quantitative estimate of drug-likeness (QED) is 0.783. The third kappa shape index (κ3) is 5.21. The number of ether oxygens (including phenoxy) is 1. The van der Waals surface area contributed by atoms with E-state index < -0.39 is 10.0 Å². The van der Waals surface area contributed by atoms with Crippen molar-refractivity contribution in [2.24, 2.45) is 5.92 Å². The van der Waals surface area contributed by atoms with Gasteiger partial charge in [0.25, 0.3) is 0 Å². The van der Waals surface area contributed by atoms with Crippen LogP contribution in [0.3, 0.4) is 0 Å². The second-order valence-electron chi connectivity index (χ2n) is 7.08. The van der Waals surface area contributed by atoms with Gasteiger partial charge in [-0.2, -0.15) is 0 Å². The Morgan fingerprint density at radius 3 is 2.56 bits per heavy atom. The van der Waals surface area contributed by atoms with Crippen molar-refractivity contribution in [3.8, 4) is 0 Å². The first kappa shape index (κ1) is 20.1. The summed E-state index contributed by atoms with van der Waals surface area (Å²) in [5.41, 5.74) is 2.20. The molecule has 7 nitrogen and oxygen atoms in total. The van der Waals surface area contributed by atoms with E-state index in [9.17, 15) is 13.2 Å². The van der Waals surface area contributed by atoms with Gasteiger partial charge in [0.2, 0.25) is 15.9 Å². The van der Waals surface area contributed by atoms with E-state index in [1.165, 1.54) is 9.99 Å². The van der Waals surface area contributed by atoms with Crippen molar-refractivity contribution in [1.82, 2.24) is 9.62 Å². The average molecular weight is 396 g/mol. The molecule has 2 saturated heterocycles. The van der Waals surface area contributed by atoms with Crippen LogP contribution in [0, 0.1) is 5.92 Å². The fourth-order valence-electron chi connectivity index (χ4n) is 3.57. The number of hydrogen-bond acceptors (Lipinski definition) is 5. The summed E-state index contributed by atoms with van der Waals surface area (Å²) in [6.45, 7) is 6.21. The summed E-state index contributed by atoms with van der Waals surface area (Å²) < 4.78 is 30.9. The fraction of sp³-hybridized carbons (Fsp3) is 0.632. The zero-order valence-electron chi connectivity index (χ0n) is 15.9. The molecule has 0 radical (unpaired) electrons. The van der Waals surface area contributed by atoms with E-state index in [4.69, 9.17) is 4.74 Å². The minimum Gasteiger partial charge on any atom is -0.378 e. The second kappa shape index (κ2) is 9.03. The number of hydrogen-bond donors (Lipinski definition) is 1. The van der Waals surface area contributed by atoms with Crippen molar-refractivity contribution in [1.29, 1.82) is 0 Å². The molecule has 150 valence electrons. The number of rotatable bonds is 6. The van der Waals surface area contributed by atoms with Crippen LogP contribution in [-0.2, 0) is 26.1 Å². The Balaban J connectivity index is 1.51. The van der Waals surface area contributed by atoms with Gasteiger partial charge < -0.3 is 15.0 Å². The minimum atomic E-state index is -3.23. The normalized spacial score (nSPS) is 21.8. The Kier molecular flexibility index (Phi) is 6.73. The maximum atomic E-state index is 12.5. The summed E-state index contributed by atoms with van der Waals surface area (Å²) in [4.78, 5) is 14.8. The lowest BCUT2D eigenvalue weighted by Gasteiger charge is -2.31. The van der Waals surface area contributed by atoms with E-state index in [1.54, 1.807) is 6.92 Å². The van der Waals surface area contributed by atoms with Gasteiger partial charge in [-0.15, -0.1) is 0 Å². The Hall–Kier alpha value is -1.64. The molecule has 3 rings (SSSR count). The molecule has 2 aliphatic rings. The Labute approximate surface area is 161 Å². The van der Waals surface area contributed by atoms with E-state index in [-0.39, 0.29) is 24.1 Å². The number of piperidine rings is 1. The van der Waals surface area contributed by atoms with Gasteiger partial charge in [0.15, 0.2) is 0 Å². The van der Waals surface area contributed by atoms with Crippen LogP contribution in [0.15, 0.2) is 24.3 Å². The molecule has 1 amide bonds. The number of morpholine rings is 1. The average Bonchev–Trinajstić information content (AvgIpc) is 2.73. The van der Waals surface area contributed by atoms with E-state index in [1.807, 2.05) is 12.1 Å². The molecule has 1 aromatic carbocycles. The monoisotopic (exact) mass is 395 g/mol. The molecular formula is C19H29N3O4S. The predicted molar refractivity (Wildman–Crippen MR) is 105 cm³/mol. The molecule has 2 fully saturated rings. The number of benzene rings is 1. The van der Waals surface area contributed by atoms with Crippen molar-refractivity contribution < 1.29 is 17.9 Å². The molecule has 1 N–H and O–H groups in total. The molecule has 0 aromatic heterocycles. The summed E-state index contributed by atoms with van der Waals surface area (Å²) >= 11 is 0. The highest BCUT2D eigenvalue weighted by atomic mass is 32.2. The van der Waals surface area contributed by atoms with Crippen LogP contribution in [-0.4, -0.2) is 63.8 Å². The number of nitrogens with one attached hydrogen (secondary N) is 1. The van der Waals surface area contributed by atoms with Crippen LogP contribution in [0.4, 0.5) is 5.69 Å². The topological polar surface area (TPSA) is 79.0 Å². The second-order valence-corrected chi connectivity index (χ2v) is 9.34. The molecule has 0 bridgehead atoms. The summed E-state index contributed by atoms with van der Waals surface area (Å²) in [6.07, 6.45) is 1.46. The third-order valence-corrected chi connectivity index (χ3v) is 7.14. The van der Waals surface area contributed by atoms with Gasteiger partial charge in [0, 0.05) is 38.4 Å². The molecule has 0 saturated carbocycles. The summed E-state index contributed by atoms with van der Waals surface area (Å²) in [6, 6.07) is 8.20. The molecule has 0 aliphatic carbocycles. The number of carbonyl (C=O) groups excluding carboxylic acids is 1. The first-order chi connectivity index (χ1) is 13.0. The highest BCUT2D eigenvalue weighted by Gasteiger charge is 2.31. The van der Waals surface area contributed by atoms with Crippen LogP contribution < -0.4 is 10.2 Å². The molecule has 1 atom stereocenters. The SMILES string of the molecule is CCS(=O)(=O)N1CCC[C@@H](C(=O)NCc2ccc(N3CCOCC3)cc2)C1. The lowest BCUT2D eigenvalue weighted by atomic mass is 9.98.